The number of anilines is 2. The van der Waals surface area contributed by atoms with Crippen molar-refractivity contribution in [2.24, 2.45) is 0 Å². The van der Waals surface area contributed by atoms with Crippen molar-refractivity contribution in [2.45, 2.75) is 38.0 Å². The van der Waals surface area contributed by atoms with Gasteiger partial charge in [0.25, 0.3) is 0 Å². The van der Waals surface area contributed by atoms with Gasteiger partial charge in [-0.1, -0.05) is 185 Å². The second-order valence-corrected chi connectivity index (χ2v) is 18.3. The van der Waals surface area contributed by atoms with Crippen molar-refractivity contribution in [1.29, 1.82) is 0 Å². The van der Waals surface area contributed by atoms with Crippen molar-refractivity contribution in [1.82, 2.24) is 14.5 Å². The molecule has 4 heteroatoms. The fraction of sp³-hybridized carbons (Fsp3) is 0.0968. The van der Waals surface area contributed by atoms with E-state index in [4.69, 9.17) is 9.97 Å². The number of fused-ring (bicyclic) bond motifs is 6. The van der Waals surface area contributed by atoms with Crippen LogP contribution in [0.1, 0.15) is 55.0 Å². The van der Waals surface area contributed by atoms with Crippen LogP contribution < -0.4 is 4.90 Å². The molecule has 0 saturated carbocycles. The molecule has 0 fully saturated rings. The van der Waals surface area contributed by atoms with Gasteiger partial charge in [0.1, 0.15) is 0 Å². The van der Waals surface area contributed by atoms with Crippen molar-refractivity contribution < 1.29 is 0 Å². The SMILES string of the molecule is C=C1/C=C\C=C/C/C=C\C=C1N(c1ccc(C(C)(C)C)cc1)c1cnc(-c2ccc3c(c2)c2ccccc2n3-c2ccc3c(c2)C(c2ccccc2)(c2ccccc2)c2ccccc2-3)nc1. The lowest BCUT2D eigenvalue weighted by molar-refractivity contribution is 0.590. The maximum atomic E-state index is 5.07. The van der Waals surface area contributed by atoms with Crippen molar-refractivity contribution in [3.8, 4) is 28.2 Å². The third kappa shape index (κ3) is 6.85. The Morgan fingerprint density at radius 1 is 0.576 bits per heavy atom. The van der Waals surface area contributed by atoms with Gasteiger partial charge in [-0.05, 0) is 111 Å². The largest absolute Gasteiger partial charge is 0.309 e. The van der Waals surface area contributed by atoms with Crippen molar-refractivity contribution in [3.05, 3.63) is 270 Å². The van der Waals surface area contributed by atoms with E-state index in [9.17, 15) is 0 Å². The van der Waals surface area contributed by atoms with Crippen molar-refractivity contribution in [2.75, 3.05) is 4.90 Å². The van der Waals surface area contributed by atoms with Gasteiger partial charge in [-0.3, -0.25) is 0 Å². The molecule has 0 amide bonds. The van der Waals surface area contributed by atoms with Crippen LogP contribution in [-0.2, 0) is 10.8 Å². The lowest BCUT2D eigenvalue weighted by atomic mass is 9.67. The summed E-state index contributed by atoms with van der Waals surface area (Å²) in [4.78, 5) is 12.3. The quantitative estimate of drug-likeness (QED) is 0.160. The molecule has 0 N–H and O–H groups in total. The lowest BCUT2D eigenvalue weighted by Crippen LogP contribution is -2.28. The molecule has 2 aliphatic carbocycles. The van der Waals surface area contributed by atoms with Crippen LogP contribution in [0, 0.1) is 0 Å². The molecular formula is C62H50N4. The van der Waals surface area contributed by atoms with Gasteiger partial charge in [-0.15, -0.1) is 0 Å². The zero-order chi connectivity index (χ0) is 44.8. The predicted molar refractivity (Wildman–Crippen MR) is 276 cm³/mol. The number of aromatic nitrogens is 3. The van der Waals surface area contributed by atoms with Crippen LogP contribution in [0.25, 0.3) is 50.0 Å². The van der Waals surface area contributed by atoms with Gasteiger partial charge in [-0.25, -0.2) is 9.97 Å². The Balaban J connectivity index is 1.02. The van der Waals surface area contributed by atoms with E-state index in [1.165, 1.54) is 44.3 Å². The van der Waals surface area contributed by atoms with E-state index in [0.717, 1.165) is 56.7 Å². The molecule has 4 nitrogen and oxygen atoms in total. The Hall–Kier alpha value is -8.08. The molecular weight excluding hydrogens is 801 g/mol. The molecule has 0 saturated heterocycles. The van der Waals surface area contributed by atoms with Crippen LogP contribution in [0.2, 0.25) is 0 Å². The summed E-state index contributed by atoms with van der Waals surface area (Å²) < 4.78 is 2.42. The first-order valence-corrected chi connectivity index (χ1v) is 22.8. The fourth-order valence-corrected chi connectivity index (χ4v) is 10.1. The number of rotatable bonds is 7. The normalized spacial score (nSPS) is 15.7. The summed E-state index contributed by atoms with van der Waals surface area (Å²) >= 11 is 0. The Morgan fingerprint density at radius 3 is 1.97 bits per heavy atom. The Bertz CT molecular complexity index is 3370. The summed E-state index contributed by atoms with van der Waals surface area (Å²) in [6.45, 7) is 11.2. The highest BCUT2D eigenvalue weighted by Gasteiger charge is 2.46. The molecule has 2 aliphatic rings. The van der Waals surface area contributed by atoms with Gasteiger partial charge in [0.2, 0.25) is 0 Å². The van der Waals surface area contributed by atoms with E-state index >= 15 is 0 Å². The maximum Gasteiger partial charge on any atom is 0.159 e. The molecule has 0 unspecified atom stereocenters. The van der Waals surface area contributed by atoms with E-state index in [1.54, 1.807) is 0 Å². The minimum atomic E-state index is -0.492. The highest BCUT2D eigenvalue weighted by Crippen LogP contribution is 2.56. The van der Waals surface area contributed by atoms with Crippen LogP contribution in [0.5, 0.6) is 0 Å². The van der Waals surface area contributed by atoms with Crippen molar-refractivity contribution >= 4 is 33.2 Å². The molecule has 0 bridgehead atoms. The molecule has 9 aromatic rings. The zero-order valence-electron chi connectivity index (χ0n) is 37.6. The van der Waals surface area contributed by atoms with Crippen LogP contribution in [0.4, 0.5) is 11.4 Å². The van der Waals surface area contributed by atoms with Crippen molar-refractivity contribution in [3.63, 3.8) is 0 Å². The minimum absolute atomic E-state index is 0.0307. The second kappa shape index (κ2) is 16.5. The first-order chi connectivity index (χ1) is 32.3. The zero-order valence-corrected chi connectivity index (χ0v) is 37.6. The molecule has 2 aromatic heterocycles. The molecule has 0 atom stereocenters. The summed E-state index contributed by atoms with van der Waals surface area (Å²) in [5, 5.41) is 2.32. The average molecular weight is 851 g/mol. The van der Waals surface area contributed by atoms with Gasteiger partial charge < -0.3 is 9.47 Å². The van der Waals surface area contributed by atoms with E-state index in [2.05, 4.69) is 249 Å². The Kier molecular flexibility index (Phi) is 10.2. The van der Waals surface area contributed by atoms with E-state index in [-0.39, 0.29) is 5.41 Å². The summed E-state index contributed by atoms with van der Waals surface area (Å²) in [6.07, 6.45) is 19.4. The third-order valence-corrected chi connectivity index (χ3v) is 13.3. The van der Waals surface area contributed by atoms with E-state index < -0.39 is 5.41 Å². The van der Waals surface area contributed by atoms with Gasteiger partial charge in [0.15, 0.2) is 5.82 Å². The third-order valence-electron chi connectivity index (χ3n) is 13.3. The molecule has 0 aliphatic heterocycles. The number of hydrogen-bond acceptors (Lipinski definition) is 3. The van der Waals surface area contributed by atoms with Gasteiger partial charge >= 0.3 is 0 Å². The van der Waals surface area contributed by atoms with Crippen LogP contribution in [-0.4, -0.2) is 14.5 Å². The van der Waals surface area contributed by atoms with E-state index in [0.29, 0.717) is 5.82 Å². The summed E-state index contributed by atoms with van der Waals surface area (Å²) in [6, 6.07) is 62.1. The average Bonchev–Trinajstić information content (AvgIpc) is 3.85. The Labute approximate surface area is 387 Å². The number of allylic oxidation sites excluding steroid dienone is 7. The van der Waals surface area contributed by atoms with E-state index in [1.807, 2.05) is 12.4 Å². The topological polar surface area (TPSA) is 34.0 Å². The fourth-order valence-electron chi connectivity index (χ4n) is 10.1. The monoisotopic (exact) mass is 850 g/mol. The van der Waals surface area contributed by atoms with Gasteiger partial charge in [-0.2, -0.15) is 0 Å². The van der Waals surface area contributed by atoms with Gasteiger partial charge in [0.05, 0.1) is 40.2 Å². The summed E-state index contributed by atoms with van der Waals surface area (Å²) in [5.74, 6) is 0.662. The molecule has 11 rings (SSSR count). The number of benzene rings is 7. The summed E-state index contributed by atoms with van der Waals surface area (Å²) in [7, 11) is 0. The smallest absolute Gasteiger partial charge is 0.159 e. The highest BCUT2D eigenvalue weighted by molar-refractivity contribution is 6.10. The van der Waals surface area contributed by atoms with Gasteiger partial charge in [0, 0.05) is 27.7 Å². The predicted octanol–water partition coefficient (Wildman–Crippen LogP) is 15.6. The molecule has 0 spiro atoms. The van der Waals surface area contributed by atoms with Crippen LogP contribution in [0.15, 0.2) is 243 Å². The molecule has 318 valence electrons. The maximum absolute atomic E-state index is 5.07. The first-order valence-electron chi connectivity index (χ1n) is 22.8. The molecule has 66 heavy (non-hydrogen) atoms. The molecule has 0 radical (unpaired) electrons. The Morgan fingerprint density at radius 2 is 1.23 bits per heavy atom. The molecule has 7 aromatic carbocycles. The number of nitrogens with zero attached hydrogens (tertiary/aromatic N) is 4. The summed E-state index contributed by atoms with van der Waals surface area (Å²) in [5.41, 5.74) is 16.5. The molecule has 2 heterocycles. The van der Waals surface area contributed by atoms with Crippen LogP contribution >= 0.6 is 0 Å². The first kappa shape index (κ1) is 40.7. The minimum Gasteiger partial charge on any atom is -0.309 e. The number of para-hydroxylation sites is 1. The second-order valence-electron chi connectivity index (χ2n) is 18.3. The standard InChI is InChI=1S/C62H50N4/c1-43-21-11-7-5-6-8-16-29-57(43)65(48-34-32-45(33-35-48)61(2,3)4)50-41-63-60(64-42-50)44-31-38-59-54(39-44)53-27-18-20-30-58(53)66(59)49-36-37-52-51-26-17-19-28-55(51)62(56(52)40-49,46-22-12-9-13-23-46)47-24-14-10-15-25-47/h5,7-42H,1,6H2,2-4H3/b7-5-,16-8-,21-11-,57-29?. The lowest BCUT2D eigenvalue weighted by Gasteiger charge is -2.34. The number of hydrogen-bond donors (Lipinski definition) is 0. The van der Waals surface area contributed by atoms with Crippen LogP contribution in [0.3, 0.4) is 0 Å². The highest BCUT2D eigenvalue weighted by atomic mass is 15.2.